The Morgan fingerprint density at radius 2 is 2.38 bits per heavy atom. The number of hydrogen-bond donors (Lipinski definition) is 3. The molecule has 2 rings (SSSR count). The Labute approximate surface area is 93.8 Å². The molecule has 0 aromatic carbocycles. The van der Waals surface area contributed by atoms with Crippen LogP contribution in [0.15, 0.2) is 12.4 Å². The van der Waals surface area contributed by atoms with Crippen LogP contribution >= 0.6 is 0 Å². The second kappa shape index (κ2) is 4.26. The largest absolute Gasteiger partial charge is 0.394 e. The van der Waals surface area contributed by atoms with Crippen molar-refractivity contribution in [3.63, 3.8) is 0 Å². The van der Waals surface area contributed by atoms with Crippen LogP contribution in [0.2, 0.25) is 0 Å². The molecule has 0 unspecified atom stereocenters. The zero-order chi connectivity index (χ0) is 11.5. The number of aryl methyl sites for hydroxylation is 2. The van der Waals surface area contributed by atoms with Gasteiger partial charge in [0.2, 0.25) is 0 Å². The Balaban J connectivity index is 2.14. The van der Waals surface area contributed by atoms with Crippen LogP contribution in [0, 0.1) is 6.92 Å². The van der Waals surface area contributed by atoms with Gasteiger partial charge in [0.05, 0.1) is 17.6 Å². The lowest BCUT2D eigenvalue weighted by molar-refractivity contribution is 0.657. The molecule has 2 aromatic rings. The predicted molar refractivity (Wildman–Crippen MR) is 63.0 cm³/mol. The molecule has 0 aliphatic rings. The topological polar surface area (TPSA) is 84.6 Å². The standard InChI is InChI=1S/C10H16N6/c1-3-16-10(9(11)7(2)15-16)12-4-8-5-13-14-6-8/h5-6,12H,3-4,11H2,1-2H3,(H,13,14). The Hall–Kier alpha value is -1.98. The van der Waals surface area contributed by atoms with Gasteiger partial charge in [-0.1, -0.05) is 0 Å². The highest BCUT2D eigenvalue weighted by Gasteiger charge is 2.10. The van der Waals surface area contributed by atoms with Gasteiger partial charge in [-0.05, 0) is 13.8 Å². The second-order valence-electron chi connectivity index (χ2n) is 3.62. The molecule has 0 aliphatic heterocycles. The number of anilines is 2. The van der Waals surface area contributed by atoms with Gasteiger partial charge in [0, 0.05) is 24.8 Å². The van der Waals surface area contributed by atoms with Gasteiger partial charge in [0.15, 0.2) is 0 Å². The summed E-state index contributed by atoms with van der Waals surface area (Å²) >= 11 is 0. The first-order valence-electron chi connectivity index (χ1n) is 5.26. The number of hydrogen-bond acceptors (Lipinski definition) is 4. The first kappa shape index (κ1) is 10.5. The highest BCUT2D eigenvalue weighted by molar-refractivity contribution is 5.64. The van der Waals surface area contributed by atoms with E-state index in [2.05, 4.69) is 20.6 Å². The van der Waals surface area contributed by atoms with E-state index in [0.717, 1.165) is 23.6 Å². The third-order valence-corrected chi connectivity index (χ3v) is 2.49. The fourth-order valence-electron chi connectivity index (χ4n) is 1.57. The molecule has 2 heterocycles. The number of nitrogens with zero attached hydrogens (tertiary/aromatic N) is 3. The van der Waals surface area contributed by atoms with Crippen molar-refractivity contribution in [3.8, 4) is 0 Å². The summed E-state index contributed by atoms with van der Waals surface area (Å²) in [6, 6.07) is 0. The summed E-state index contributed by atoms with van der Waals surface area (Å²) in [6.07, 6.45) is 3.63. The highest BCUT2D eigenvalue weighted by atomic mass is 15.3. The smallest absolute Gasteiger partial charge is 0.148 e. The first-order valence-corrected chi connectivity index (χ1v) is 5.26. The molecule has 16 heavy (non-hydrogen) atoms. The minimum Gasteiger partial charge on any atom is -0.394 e. The summed E-state index contributed by atoms with van der Waals surface area (Å²) in [6.45, 7) is 5.43. The van der Waals surface area contributed by atoms with Crippen LogP contribution in [-0.2, 0) is 13.1 Å². The predicted octanol–water partition coefficient (Wildman–Crippen LogP) is 1.13. The quantitative estimate of drug-likeness (QED) is 0.721. The molecule has 0 fully saturated rings. The van der Waals surface area contributed by atoms with Gasteiger partial charge in [-0.25, -0.2) is 4.68 Å². The molecule has 6 nitrogen and oxygen atoms in total. The van der Waals surface area contributed by atoms with Crippen LogP contribution in [0.25, 0.3) is 0 Å². The number of nitrogens with two attached hydrogens (primary N) is 1. The Kier molecular flexibility index (Phi) is 2.80. The average molecular weight is 220 g/mol. The van der Waals surface area contributed by atoms with E-state index in [0.29, 0.717) is 12.2 Å². The SMILES string of the molecule is CCn1nc(C)c(N)c1NCc1cn[nH]c1. The van der Waals surface area contributed by atoms with Crippen LogP contribution in [-0.4, -0.2) is 20.0 Å². The normalized spacial score (nSPS) is 10.6. The van der Waals surface area contributed by atoms with Crippen LogP contribution in [0.1, 0.15) is 18.2 Å². The fourth-order valence-corrected chi connectivity index (χ4v) is 1.57. The fraction of sp³-hybridized carbons (Fsp3) is 0.400. The summed E-state index contributed by atoms with van der Waals surface area (Å²) in [7, 11) is 0. The molecular formula is C10H16N6. The molecule has 0 aliphatic carbocycles. The van der Waals surface area contributed by atoms with Crippen LogP contribution in [0.5, 0.6) is 0 Å². The number of rotatable bonds is 4. The van der Waals surface area contributed by atoms with E-state index in [4.69, 9.17) is 5.73 Å². The minimum atomic E-state index is 0.686. The molecule has 0 spiro atoms. The lowest BCUT2D eigenvalue weighted by atomic mass is 10.3. The third kappa shape index (κ3) is 1.86. The van der Waals surface area contributed by atoms with Crippen LogP contribution < -0.4 is 11.1 Å². The molecule has 0 amide bonds. The van der Waals surface area contributed by atoms with E-state index in [1.165, 1.54) is 0 Å². The summed E-state index contributed by atoms with van der Waals surface area (Å²) in [5.74, 6) is 0.876. The van der Waals surface area contributed by atoms with Crippen molar-refractivity contribution in [2.45, 2.75) is 26.9 Å². The molecule has 2 aromatic heterocycles. The number of aromatic nitrogens is 4. The van der Waals surface area contributed by atoms with E-state index >= 15 is 0 Å². The third-order valence-electron chi connectivity index (χ3n) is 2.49. The monoisotopic (exact) mass is 220 g/mol. The van der Waals surface area contributed by atoms with Gasteiger partial charge in [-0.15, -0.1) is 0 Å². The molecule has 0 saturated heterocycles. The summed E-state index contributed by atoms with van der Waals surface area (Å²) in [5.41, 5.74) is 8.60. The lowest BCUT2D eigenvalue weighted by Gasteiger charge is -2.07. The Morgan fingerprint density at radius 1 is 1.56 bits per heavy atom. The Morgan fingerprint density at radius 3 is 3.00 bits per heavy atom. The maximum absolute atomic E-state index is 5.95. The van der Waals surface area contributed by atoms with E-state index in [1.54, 1.807) is 6.20 Å². The highest BCUT2D eigenvalue weighted by Crippen LogP contribution is 2.22. The molecule has 0 saturated carbocycles. The minimum absolute atomic E-state index is 0.686. The summed E-state index contributed by atoms with van der Waals surface area (Å²) in [5, 5.41) is 14.3. The maximum Gasteiger partial charge on any atom is 0.148 e. The molecule has 86 valence electrons. The van der Waals surface area contributed by atoms with Gasteiger partial charge in [-0.3, -0.25) is 5.10 Å². The number of nitrogen functional groups attached to an aromatic ring is 1. The van der Waals surface area contributed by atoms with Gasteiger partial charge in [-0.2, -0.15) is 10.2 Å². The van der Waals surface area contributed by atoms with E-state index in [1.807, 2.05) is 24.7 Å². The lowest BCUT2D eigenvalue weighted by Crippen LogP contribution is -2.07. The van der Waals surface area contributed by atoms with Gasteiger partial charge < -0.3 is 11.1 Å². The molecule has 0 atom stereocenters. The van der Waals surface area contributed by atoms with Crippen molar-refractivity contribution in [1.29, 1.82) is 0 Å². The second-order valence-corrected chi connectivity index (χ2v) is 3.62. The molecule has 0 radical (unpaired) electrons. The average Bonchev–Trinajstić information content (AvgIpc) is 2.87. The first-order chi connectivity index (χ1) is 7.72. The number of aromatic amines is 1. The summed E-state index contributed by atoms with van der Waals surface area (Å²) < 4.78 is 1.87. The molecule has 0 bridgehead atoms. The van der Waals surface area contributed by atoms with Crippen molar-refractivity contribution >= 4 is 11.5 Å². The van der Waals surface area contributed by atoms with Crippen LogP contribution in [0.4, 0.5) is 11.5 Å². The van der Waals surface area contributed by atoms with Gasteiger partial charge >= 0.3 is 0 Å². The van der Waals surface area contributed by atoms with Gasteiger partial charge in [0.25, 0.3) is 0 Å². The molecule has 4 N–H and O–H groups in total. The van der Waals surface area contributed by atoms with Crippen molar-refractivity contribution in [3.05, 3.63) is 23.7 Å². The molecular weight excluding hydrogens is 204 g/mol. The maximum atomic E-state index is 5.95. The van der Waals surface area contributed by atoms with Crippen molar-refractivity contribution < 1.29 is 0 Å². The van der Waals surface area contributed by atoms with E-state index in [-0.39, 0.29) is 0 Å². The number of nitrogens with one attached hydrogen (secondary N) is 2. The van der Waals surface area contributed by atoms with E-state index in [9.17, 15) is 0 Å². The summed E-state index contributed by atoms with van der Waals surface area (Å²) in [4.78, 5) is 0. The molecule has 6 heteroatoms. The van der Waals surface area contributed by atoms with Crippen molar-refractivity contribution in [2.75, 3.05) is 11.1 Å². The van der Waals surface area contributed by atoms with Crippen molar-refractivity contribution in [1.82, 2.24) is 20.0 Å². The zero-order valence-electron chi connectivity index (χ0n) is 9.49. The van der Waals surface area contributed by atoms with Crippen LogP contribution in [0.3, 0.4) is 0 Å². The van der Waals surface area contributed by atoms with Crippen molar-refractivity contribution in [2.24, 2.45) is 0 Å². The Bertz CT molecular complexity index is 456. The van der Waals surface area contributed by atoms with Gasteiger partial charge in [0.1, 0.15) is 5.82 Å². The zero-order valence-corrected chi connectivity index (χ0v) is 9.49. The van der Waals surface area contributed by atoms with E-state index < -0.39 is 0 Å². The number of H-pyrrole nitrogens is 1.